The average molecular weight is 269 g/mol. The van der Waals surface area contributed by atoms with Gasteiger partial charge in [0, 0.05) is 11.6 Å². The summed E-state index contributed by atoms with van der Waals surface area (Å²) in [5.74, 6) is 7.41. The Morgan fingerprint density at radius 3 is 2.16 bits per heavy atom. The van der Waals surface area contributed by atoms with Gasteiger partial charge in [-0.25, -0.2) is 0 Å². The molecule has 1 rings (SSSR count). The van der Waals surface area contributed by atoms with Gasteiger partial charge in [-0.3, -0.25) is 16.2 Å². The fraction of sp³-hybridized carbons (Fsp3) is 1.00. The topological polar surface area (TPSA) is 41.3 Å². The molecule has 0 amide bonds. The third-order valence-electron chi connectivity index (χ3n) is 5.01. The summed E-state index contributed by atoms with van der Waals surface area (Å²) in [5.41, 5.74) is 3.34. The lowest BCUT2D eigenvalue weighted by molar-refractivity contribution is 0.0722. The van der Waals surface area contributed by atoms with E-state index >= 15 is 0 Å². The van der Waals surface area contributed by atoms with Crippen LogP contribution >= 0.6 is 0 Å². The standard InChI is InChI=1S/C16H35N3/c1-6-16(5,19-9-7-8-10-19)15(18-17)12-14(4)11-13(2)3/h13-15,18H,6-12,17H2,1-5H3. The predicted octanol–water partition coefficient (Wildman–Crippen LogP) is 3.16. The van der Waals surface area contributed by atoms with Crippen LogP contribution in [0.15, 0.2) is 0 Å². The van der Waals surface area contributed by atoms with E-state index in [9.17, 15) is 0 Å². The highest BCUT2D eigenvalue weighted by Crippen LogP contribution is 2.31. The van der Waals surface area contributed by atoms with E-state index in [1.54, 1.807) is 0 Å². The third kappa shape index (κ3) is 4.44. The summed E-state index contributed by atoms with van der Waals surface area (Å²) in [6.45, 7) is 14.1. The maximum absolute atomic E-state index is 5.90. The van der Waals surface area contributed by atoms with Crippen molar-refractivity contribution in [3.8, 4) is 0 Å². The molecule has 1 fully saturated rings. The fourth-order valence-electron chi connectivity index (χ4n) is 3.72. The Kier molecular flexibility index (Phi) is 6.78. The van der Waals surface area contributed by atoms with Crippen LogP contribution in [0.2, 0.25) is 0 Å². The van der Waals surface area contributed by atoms with Gasteiger partial charge in [0.05, 0.1) is 0 Å². The van der Waals surface area contributed by atoms with Crippen LogP contribution in [0.3, 0.4) is 0 Å². The van der Waals surface area contributed by atoms with Gasteiger partial charge in [-0.15, -0.1) is 0 Å². The zero-order valence-corrected chi connectivity index (χ0v) is 13.7. The van der Waals surface area contributed by atoms with Gasteiger partial charge in [-0.05, 0) is 64.0 Å². The van der Waals surface area contributed by atoms with Crippen LogP contribution in [0.1, 0.15) is 66.7 Å². The first-order chi connectivity index (χ1) is 8.93. The van der Waals surface area contributed by atoms with Gasteiger partial charge in [0.15, 0.2) is 0 Å². The molecule has 1 saturated heterocycles. The molecule has 0 aromatic rings. The summed E-state index contributed by atoms with van der Waals surface area (Å²) in [6, 6.07) is 0.393. The van der Waals surface area contributed by atoms with Crippen molar-refractivity contribution < 1.29 is 0 Å². The van der Waals surface area contributed by atoms with Crippen LogP contribution < -0.4 is 11.3 Å². The maximum atomic E-state index is 5.90. The molecule has 1 aliphatic rings. The monoisotopic (exact) mass is 269 g/mol. The molecule has 0 bridgehead atoms. The van der Waals surface area contributed by atoms with Crippen LogP contribution in [-0.4, -0.2) is 29.6 Å². The Morgan fingerprint density at radius 1 is 1.16 bits per heavy atom. The number of hydrogen-bond donors (Lipinski definition) is 2. The SMILES string of the molecule is CCC(C)(C(CC(C)CC(C)C)NN)N1CCCC1. The van der Waals surface area contributed by atoms with Crippen molar-refractivity contribution in [3.05, 3.63) is 0 Å². The second-order valence-corrected chi connectivity index (χ2v) is 7.09. The minimum atomic E-state index is 0.205. The van der Waals surface area contributed by atoms with E-state index in [4.69, 9.17) is 5.84 Å². The van der Waals surface area contributed by atoms with E-state index in [0.717, 1.165) is 18.3 Å². The number of likely N-dealkylation sites (tertiary alicyclic amines) is 1. The van der Waals surface area contributed by atoms with Crippen LogP contribution in [-0.2, 0) is 0 Å². The van der Waals surface area contributed by atoms with Crippen molar-refractivity contribution >= 4 is 0 Å². The first-order valence-electron chi connectivity index (χ1n) is 8.15. The number of rotatable bonds is 8. The minimum absolute atomic E-state index is 0.205. The highest BCUT2D eigenvalue weighted by atomic mass is 15.3. The number of nitrogens with two attached hydrogens (primary N) is 1. The van der Waals surface area contributed by atoms with Gasteiger partial charge in [0.2, 0.25) is 0 Å². The highest BCUT2D eigenvalue weighted by molar-refractivity contribution is 4.97. The van der Waals surface area contributed by atoms with Gasteiger partial charge in [-0.2, -0.15) is 0 Å². The van der Waals surface area contributed by atoms with E-state index in [0.29, 0.717) is 6.04 Å². The molecule has 1 aliphatic heterocycles. The molecule has 19 heavy (non-hydrogen) atoms. The molecule has 0 spiro atoms. The van der Waals surface area contributed by atoms with Crippen LogP contribution in [0.25, 0.3) is 0 Å². The first kappa shape index (κ1) is 16.9. The summed E-state index contributed by atoms with van der Waals surface area (Å²) >= 11 is 0. The van der Waals surface area contributed by atoms with E-state index < -0.39 is 0 Å². The molecule has 3 unspecified atom stereocenters. The average Bonchev–Trinajstić information content (AvgIpc) is 2.88. The number of hydrogen-bond acceptors (Lipinski definition) is 3. The number of hydrazine groups is 1. The molecule has 3 atom stereocenters. The molecule has 0 saturated carbocycles. The zero-order valence-electron chi connectivity index (χ0n) is 13.7. The number of nitrogens with one attached hydrogen (secondary N) is 1. The smallest absolute Gasteiger partial charge is 0.0394 e. The Hall–Kier alpha value is -0.120. The van der Waals surface area contributed by atoms with Crippen molar-refractivity contribution in [2.24, 2.45) is 17.7 Å². The molecule has 3 nitrogen and oxygen atoms in total. The molecule has 0 aliphatic carbocycles. The maximum Gasteiger partial charge on any atom is 0.0394 e. The Bertz CT molecular complexity index is 248. The van der Waals surface area contributed by atoms with Crippen molar-refractivity contribution in [2.45, 2.75) is 78.3 Å². The lowest BCUT2D eigenvalue weighted by Gasteiger charge is -2.45. The molecular weight excluding hydrogens is 234 g/mol. The predicted molar refractivity (Wildman–Crippen MR) is 83.9 cm³/mol. The molecule has 114 valence electrons. The van der Waals surface area contributed by atoms with Gasteiger partial charge >= 0.3 is 0 Å². The summed E-state index contributed by atoms with van der Waals surface area (Å²) in [5, 5.41) is 0. The minimum Gasteiger partial charge on any atom is -0.296 e. The fourth-order valence-corrected chi connectivity index (χ4v) is 3.72. The molecule has 0 aromatic heterocycles. The summed E-state index contributed by atoms with van der Waals surface area (Å²) in [6.07, 6.45) is 6.31. The van der Waals surface area contributed by atoms with Crippen LogP contribution in [0.4, 0.5) is 0 Å². The van der Waals surface area contributed by atoms with E-state index in [1.807, 2.05) is 0 Å². The van der Waals surface area contributed by atoms with E-state index in [1.165, 1.54) is 38.8 Å². The normalized spacial score (nSPS) is 23.5. The Labute approximate surface area is 120 Å². The van der Waals surface area contributed by atoms with Gasteiger partial charge in [-0.1, -0.05) is 27.7 Å². The zero-order chi connectivity index (χ0) is 14.5. The van der Waals surface area contributed by atoms with Crippen molar-refractivity contribution in [2.75, 3.05) is 13.1 Å². The van der Waals surface area contributed by atoms with Gasteiger partial charge in [0.25, 0.3) is 0 Å². The molecule has 0 radical (unpaired) electrons. The van der Waals surface area contributed by atoms with Gasteiger partial charge in [0.1, 0.15) is 0 Å². The largest absolute Gasteiger partial charge is 0.296 e. The van der Waals surface area contributed by atoms with Crippen molar-refractivity contribution in [1.29, 1.82) is 0 Å². The van der Waals surface area contributed by atoms with Crippen LogP contribution in [0.5, 0.6) is 0 Å². The Morgan fingerprint density at radius 2 is 1.74 bits per heavy atom. The summed E-state index contributed by atoms with van der Waals surface area (Å²) in [4.78, 5) is 2.65. The van der Waals surface area contributed by atoms with Gasteiger partial charge < -0.3 is 0 Å². The molecule has 1 heterocycles. The van der Waals surface area contributed by atoms with Crippen molar-refractivity contribution in [1.82, 2.24) is 10.3 Å². The molecule has 3 N–H and O–H groups in total. The second-order valence-electron chi connectivity index (χ2n) is 7.09. The second kappa shape index (κ2) is 7.61. The van der Waals surface area contributed by atoms with E-state index in [2.05, 4.69) is 44.9 Å². The van der Waals surface area contributed by atoms with Crippen LogP contribution in [0, 0.1) is 11.8 Å². The third-order valence-corrected chi connectivity index (χ3v) is 5.01. The Balaban J connectivity index is 2.68. The van der Waals surface area contributed by atoms with Crippen molar-refractivity contribution in [3.63, 3.8) is 0 Å². The summed E-state index contributed by atoms with van der Waals surface area (Å²) < 4.78 is 0. The number of nitrogens with zero attached hydrogens (tertiary/aromatic N) is 1. The first-order valence-corrected chi connectivity index (χ1v) is 8.15. The lowest BCUT2D eigenvalue weighted by Crippen LogP contribution is -2.60. The quantitative estimate of drug-likeness (QED) is 0.525. The summed E-state index contributed by atoms with van der Waals surface area (Å²) in [7, 11) is 0. The molecular formula is C16H35N3. The highest BCUT2D eigenvalue weighted by Gasteiger charge is 2.39. The molecule has 3 heteroatoms. The van der Waals surface area contributed by atoms with E-state index in [-0.39, 0.29) is 5.54 Å². The molecule has 0 aromatic carbocycles. The lowest BCUT2D eigenvalue weighted by atomic mass is 9.81.